The van der Waals surface area contributed by atoms with E-state index in [1.54, 1.807) is 0 Å². The summed E-state index contributed by atoms with van der Waals surface area (Å²) >= 11 is 7.34. The molecule has 1 saturated carbocycles. The van der Waals surface area contributed by atoms with Gasteiger partial charge in [-0.25, -0.2) is 0 Å². The monoisotopic (exact) mass is 387 g/mol. The van der Waals surface area contributed by atoms with Gasteiger partial charge in [0.1, 0.15) is 0 Å². The van der Waals surface area contributed by atoms with Crippen molar-refractivity contribution in [3.63, 3.8) is 0 Å². The summed E-state index contributed by atoms with van der Waals surface area (Å²) < 4.78 is 2.39. The third-order valence-electron chi connectivity index (χ3n) is 4.26. The van der Waals surface area contributed by atoms with Crippen LogP contribution in [0.25, 0.3) is 0 Å². The zero-order chi connectivity index (χ0) is 13.8. The van der Waals surface area contributed by atoms with Crippen LogP contribution in [0.3, 0.4) is 0 Å². The summed E-state index contributed by atoms with van der Waals surface area (Å²) in [4.78, 5) is 0. The molecule has 106 valence electrons. The fraction of sp³-hybridized carbons (Fsp3) is 0.625. The van der Waals surface area contributed by atoms with E-state index in [0.717, 1.165) is 18.4 Å². The minimum absolute atomic E-state index is 0.476. The number of hydrogen-bond acceptors (Lipinski definition) is 1. The molecule has 1 aromatic rings. The lowest BCUT2D eigenvalue weighted by atomic mass is 9.86. The molecule has 0 spiro atoms. The highest BCUT2D eigenvalue weighted by Gasteiger charge is 2.32. The summed E-state index contributed by atoms with van der Waals surface area (Å²) in [6.07, 6.45) is 5.28. The molecule has 0 radical (unpaired) electrons. The number of rotatable bonds is 5. The maximum atomic E-state index is 3.78. The van der Waals surface area contributed by atoms with E-state index in [4.69, 9.17) is 0 Å². The first kappa shape index (κ1) is 15.5. The average Bonchev–Trinajstić information content (AvgIpc) is 2.80. The van der Waals surface area contributed by atoms with Gasteiger partial charge in [-0.1, -0.05) is 58.5 Å². The molecule has 1 aliphatic rings. The first-order valence-electron chi connectivity index (χ1n) is 7.31. The molecule has 3 heteroatoms. The Balaban J connectivity index is 2.28. The Hall–Kier alpha value is 0.140. The highest BCUT2D eigenvalue weighted by Crippen LogP contribution is 2.42. The molecule has 1 N–H and O–H groups in total. The highest BCUT2D eigenvalue weighted by atomic mass is 79.9. The highest BCUT2D eigenvalue weighted by molar-refractivity contribution is 9.11. The molecule has 1 nitrogen and oxygen atoms in total. The number of nitrogens with one attached hydrogen (secondary N) is 1. The van der Waals surface area contributed by atoms with E-state index in [-0.39, 0.29) is 0 Å². The van der Waals surface area contributed by atoms with E-state index in [9.17, 15) is 0 Å². The second kappa shape index (κ2) is 7.24. The Morgan fingerprint density at radius 3 is 2.74 bits per heavy atom. The van der Waals surface area contributed by atoms with Gasteiger partial charge in [0.05, 0.1) is 0 Å². The van der Waals surface area contributed by atoms with Crippen LogP contribution in [0.4, 0.5) is 0 Å². The SMILES string of the molecule is CCCNC(c1cc(Br)ccc1Br)C1CCCC1C. The van der Waals surface area contributed by atoms with Crippen LogP contribution in [-0.4, -0.2) is 6.54 Å². The van der Waals surface area contributed by atoms with Gasteiger partial charge in [0.25, 0.3) is 0 Å². The molecule has 0 amide bonds. The molecule has 1 fully saturated rings. The lowest BCUT2D eigenvalue weighted by molar-refractivity contribution is 0.301. The van der Waals surface area contributed by atoms with E-state index in [2.05, 4.69) is 69.2 Å². The Morgan fingerprint density at radius 2 is 2.11 bits per heavy atom. The normalized spacial score (nSPS) is 24.6. The minimum atomic E-state index is 0.476. The molecule has 1 aromatic carbocycles. The van der Waals surface area contributed by atoms with Crippen molar-refractivity contribution >= 4 is 31.9 Å². The average molecular weight is 389 g/mol. The van der Waals surface area contributed by atoms with Crippen molar-refractivity contribution in [3.8, 4) is 0 Å². The largest absolute Gasteiger partial charge is 0.310 e. The molecule has 0 saturated heterocycles. The standard InChI is InChI=1S/C16H23Br2N/c1-3-9-19-16(13-6-4-5-11(13)2)14-10-12(17)7-8-15(14)18/h7-8,10-11,13,16,19H,3-6,9H2,1-2H3. The lowest BCUT2D eigenvalue weighted by Gasteiger charge is -2.29. The molecular weight excluding hydrogens is 366 g/mol. The van der Waals surface area contributed by atoms with Crippen LogP contribution in [0.5, 0.6) is 0 Å². The summed E-state index contributed by atoms with van der Waals surface area (Å²) in [5.74, 6) is 1.58. The first-order valence-corrected chi connectivity index (χ1v) is 8.90. The van der Waals surface area contributed by atoms with Gasteiger partial charge in [-0.3, -0.25) is 0 Å². The van der Waals surface area contributed by atoms with Crippen molar-refractivity contribution < 1.29 is 0 Å². The van der Waals surface area contributed by atoms with Gasteiger partial charge in [-0.15, -0.1) is 0 Å². The molecule has 0 aliphatic heterocycles. The van der Waals surface area contributed by atoms with Gasteiger partial charge in [-0.2, -0.15) is 0 Å². The van der Waals surface area contributed by atoms with Crippen molar-refractivity contribution in [2.45, 2.75) is 45.6 Å². The predicted octanol–water partition coefficient (Wildman–Crippen LogP) is 5.69. The second-order valence-corrected chi connectivity index (χ2v) is 7.44. The van der Waals surface area contributed by atoms with Crippen LogP contribution in [0.1, 0.15) is 51.1 Å². The van der Waals surface area contributed by atoms with E-state index in [0.29, 0.717) is 6.04 Å². The fourth-order valence-electron chi connectivity index (χ4n) is 3.21. The van der Waals surface area contributed by atoms with E-state index in [1.807, 2.05) is 0 Å². The zero-order valence-corrected chi connectivity index (χ0v) is 14.9. The van der Waals surface area contributed by atoms with Crippen LogP contribution in [0.2, 0.25) is 0 Å². The van der Waals surface area contributed by atoms with Gasteiger partial charge >= 0.3 is 0 Å². The number of benzene rings is 1. The fourth-order valence-corrected chi connectivity index (χ4v) is 4.09. The predicted molar refractivity (Wildman–Crippen MR) is 89.4 cm³/mol. The van der Waals surface area contributed by atoms with E-state index in [1.165, 1.54) is 40.2 Å². The van der Waals surface area contributed by atoms with Gasteiger partial charge in [-0.05, 0) is 55.0 Å². The Labute approximate surface area is 133 Å². The molecular formula is C16H23Br2N. The van der Waals surface area contributed by atoms with Gasteiger partial charge in [0, 0.05) is 15.0 Å². The minimum Gasteiger partial charge on any atom is -0.310 e. The maximum absolute atomic E-state index is 3.78. The molecule has 3 atom stereocenters. The molecule has 3 unspecified atom stereocenters. The number of halogens is 2. The topological polar surface area (TPSA) is 12.0 Å². The zero-order valence-electron chi connectivity index (χ0n) is 11.8. The summed E-state index contributed by atoms with van der Waals surface area (Å²) in [6, 6.07) is 6.99. The summed E-state index contributed by atoms with van der Waals surface area (Å²) in [7, 11) is 0. The van der Waals surface area contributed by atoms with Gasteiger partial charge in [0.2, 0.25) is 0 Å². The van der Waals surface area contributed by atoms with Gasteiger partial charge in [0.15, 0.2) is 0 Å². The summed E-state index contributed by atoms with van der Waals surface area (Å²) in [5, 5.41) is 3.78. The molecule has 2 rings (SSSR count). The molecule has 0 bridgehead atoms. The van der Waals surface area contributed by atoms with Crippen molar-refractivity contribution in [3.05, 3.63) is 32.7 Å². The smallest absolute Gasteiger partial charge is 0.0362 e. The summed E-state index contributed by atoms with van der Waals surface area (Å²) in [5.41, 5.74) is 1.40. The summed E-state index contributed by atoms with van der Waals surface area (Å²) in [6.45, 7) is 5.73. The van der Waals surface area contributed by atoms with Crippen LogP contribution in [0.15, 0.2) is 27.1 Å². The van der Waals surface area contributed by atoms with Crippen molar-refractivity contribution in [1.82, 2.24) is 5.32 Å². The lowest BCUT2D eigenvalue weighted by Crippen LogP contribution is -2.30. The van der Waals surface area contributed by atoms with E-state index >= 15 is 0 Å². The molecule has 0 aromatic heterocycles. The Kier molecular flexibility index (Phi) is 5.91. The third kappa shape index (κ3) is 3.83. The van der Waals surface area contributed by atoms with Crippen molar-refractivity contribution in [2.24, 2.45) is 11.8 Å². The van der Waals surface area contributed by atoms with Crippen LogP contribution in [-0.2, 0) is 0 Å². The van der Waals surface area contributed by atoms with E-state index < -0.39 is 0 Å². The van der Waals surface area contributed by atoms with Crippen LogP contribution < -0.4 is 5.32 Å². The molecule has 0 heterocycles. The van der Waals surface area contributed by atoms with Crippen molar-refractivity contribution in [2.75, 3.05) is 6.54 Å². The third-order valence-corrected chi connectivity index (χ3v) is 5.48. The Morgan fingerprint density at radius 1 is 1.32 bits per heavy atom. The van der Waals surface area contributed by atoms with Crippen molar-refractivity contribution in [1.29, 1.82) is 0 Å². The van der Waals surface area contributed by atoms with Crippen LogP contribution >= 0.6 is 31.9 Å². The van der Waals surface area contributed by atoms with Gasteiger partial charge < -0.3 is 5.32 Å². The molecule has 1 aliphatic carbocycles. The number of hydrogen-bond donors (Lipinski definition) is 1. The second-order valence-electron chi connectivity index (χ2n) is 5.67. The Bertz CT molecular complexity index is 419. The molecule has 19 heavy (non-hydrogen) atoms. The first-order chi connectivity index (χ1) is 9.13. The quantitative estimate of drug-likeness (QED) is 0.683. The van der Waals surface area contributed by atoms with Crippen LogP contribution in [0, 0.1) is 11.8 Å². The maximum Gasteiger partial charge on any atom is 0.0362 e.